The van der Waals surface area contributed by atoms with Crippen LogP contribution in [0.4, 0.5) is 4.39 Å². The smallest absolute Gasteiger partial charge is 0.165 e. The minimum Gasteiger partial charge on any atom is -0.386 e. The van der Waals surface area contributed by atoms with Crippen LogP contribution in [0.25, 0.3) is 10.9 Å². The van der Waals surface area contributed by atoms with Gasteiger partial charge in [0.25, 0.3) is 0 Å². The van der Waals surface area contributed by atoms with E-state index < -0.39 is 25.9 Å². The molecule has 7 nitrogen and oxygen atoms in total. The number of aliphatic imine (C=N–C) groups is 1. The zero-order valence-electron chi connectivity index (χ0n) is 17.2. The van der Waals surface area contributed by atoms with Crippen LogP contribution in [-0.4, -0.2) is 39.9 Å². The summed E-state index contributed by atoms with van der Waals surface area (Å²) in [6, 6.07) is 6.47. The number of benzene rings is 1. The Morgan fingerprint density at radius 3 is 2.65 bits per heavy atom. The molecule has 0 amide bonds. The van der Waals surface area contributed by atoms with Gasteiger partial charge in [-0.2, -0.15) is 10.2 Å². The Morgan fingerprint density at radius 1 is 1.19 bits per heavy atom. The van der Waals surface area contributed by atoms with Crippen molar-refractivity contribution in [2.45, 2.75) is 37.5 Å². The fraction of sp³-hybridized carbons (Fsp3) is 0.333. The first-order valence-corrected chi connectivity index (χ1v) is 12.0. The van der Waals surface area contributed by atoms with E-state index in [1.807, 2.05) is 6.07 Å². The molecular formula is C21H21BrFN5O2S. The number of nitrogens with two attached hydrogens (primary N) is 1. The second kappa shape index (κ2) is 7.30. The molecule has 31 heavy (non-hydrogen) atoms. The number of halogens is 2. The number of rotatable bonds is 3. The third-order valence-corrected chi connectivity index (χ3v) is 8.89. The molecule has 0 fully saturated rings. The highest BCUT2D eigenvalue weighted by Crippen LogP contribution is 2.38. The maximum atomic E-state index is 14.9. The molecule has 0 bridgehead atoms. The molecule has 3 heterocycles. The van der Waals surface area contributed by atoms with Gasteiger partial charge >= 0.3 is 0 Å². The molecule has 4 rings (SSSR count). The Labute approximate surface area is 188 Å². The average Bonchev–Trinajstić information content (AvgIpc) is 2.67. The summed E-state index contributed by atoms with van der Waals surface area (Å²) < 4.78 is 40.1. The molecule has 0 saturated heterocycles. The van der Waals surface area contributed by atoms with Gasteiger partial charge in [-0.1, -0.05) is 12.1 Å². The lowest BCUT2D eigenvalue weighted by Crippen LogP contribution is -2.55. The fourth-order valence-corrected chi connectivity index (χ4v) is 5.72. The molecule has 0 unspecified atom stereocenters. The zero-order chi connectivity index (χ0) is 22.6. The molecule has 10 heteroatoms. The second-order valence-corrected chi connectivity index (χ2v) is 11.9. The van der Waals surface area contributed by atoms with Crippen molar-refractivity contribution >= 4 is 42.5 Å². The van der Waals surface area contributed by atoms with Gasteiger partial charge in [0.05, 0.1) is 23.2 Å². The predicted molar refractivity (Wildman–Crippen MR) is 121 cm³/mol. The number of hydrogen-bond acceptors (Lipinski definition) is 7. The topological polar surface area (TPSA) is 111 Å². The van der Waals surface area contributed by atoms with Crippen molar-refractivity contribution in [3.05, 3.63) is 63.8 Å². The number of fused-ring (bicyclic) bond motifs is 1. The summed E-state index contributed by atoms with van der Waals surface area (Å²) in [6.07, 6.45) is 3.65. The lowest BCUT2D eigenvalue weighted by Gasteiger charge is -2.38. The largest absolute Gasteiger partial charge is 0.386 e. The Hall–Kier alpha value is -2.46. The minimum atomic E-state index is -3.65. The molecule has 0 saturated carbocycles. The van der Waals surface area contributed by atoms with Gasteiger partial charge in [0.1, 0.15) is 21.9 Å². The van der Waals surface area contributed by atoms with Crippen molar-refractivity contribution in [2.24, 2.45) is 10.7 Å². The van der Waals surface area contributed by atoms with Crippen molar-refractivity contribution in [3.8, 4) is 0 Å². The lowest BCUT2D eigenvalue weighted by atomic mass is 9.91. The third kappa shape index (κ3) is 3.71. The molecule has 1 aliphatic rings. The highest BCUT2D eigenvalue weighted by Gasteiger charge is 2.49. The van der Waals surface area contributed by atoms with Gasteiger partial charge < -0.3 is 5.73 Å². The normalized spacial score (nSPS) is 22.3. The predicted octanol–water partition coefficient (Wildman–Crippen LogP) is 3.30. The molecule has 1 atom stereocenters. The average molecular weight is 506 g/mol. The van der Waals surface area contributed by atoms with E-state index in [0.29, 0.717) is 17.6 Å². The maximum absolute atomic E-state index is 14.9. The summed E-state index contributed by atoms with van der Waals surface area (Å²) in [6.45, 7) is 4.61. The minimum absolute atomic E-state index is 0.0271. The Balaban J connectivity index is 1.78. The van der Waals surface area contributed by atoms with Crippen LogP contribution < -0.4 is 5.73 Å². The second-order valence-electron chi connectivity index (χ2n) is 8.41. The number of pyridine rings is 1. The summed E-state index contributed by atoms with van der Waals surface area (Å²) in [5.74, 6) is -0.901. The van der Waals surface area contributed by atoms with Gasteiger partial charge in [-0.05, 0) is 54.4 Å². The van der Waals surface area contributed by atoms with Crippen molar-refractivity contribution < 1.29 is 12.8 Å². The molecule has 3 aromatic rings. The number of nitrogens with zero attached hydrogens (tertiary/aromatic N) is 4. The van der Waals surface area contributed by atoms with Crippen LogP contribution in [0, 0.1) is 5.82 Å². The number of aromatic nitrogens is 3. The molecule has 2 N–H and O–H groups in total. The van der Waals surface area contributed by atoms with Crippen molar-refractivity contribution in [3.63, 3.8) is 0 Å². The monoisotopic (exact) mass is 505 g/mol. The summed E-state index contributed by atoms with van der Waals surface area (Å²) in [7, 11) is -3.65. The van der Waals surface area contributed by atoms with E-state index in [1.54, 1.807) is 31.5 Å². The first-order valence-electron chi connectivity index (χ1n) is 9.56. The van der Waals surface area contributed by atoms with Crippen molar-refractivity contribution in [2.75, 3.05) is 5.75 Å². The Kier molecular flexibility index (Phi) is 5.13. The highest BCUT2D eigenvalue weighted by atomic mass is 79.9. The van der Waals surface area contributed by atoms with Crippen molar-refractivity contribution in [1.29, 1.82) is 0 Å². The van der Waals surface area contributed by atoms with Gasteiger partial charge in [0.15, 0.2) is 9.84 Å². The quantitative estimate of drug-likeness (QED) is 0.584. The van der Waals surface area contributed by atoms with E-state index in [-0.39, 0.29) is 17.2 Å². The van der Waals surface area contributed by atoms with E-state index in [4.69, 9.17) is 5.73 Å². The summed E-state index contributed by atoms with van der Waals surface area (Å²) in [5.41, 5.74) is 6.92. The van der Waals surface area contributed by atoms with Gasteiger partial charge in [0, 0.05) is 28.0 Å². The first-order chi connectivity index (χ1) is 14.4. The number of sulfone groups is 1. The first kappa shape index (κ1) is 21.8. The zero-order valence-corrected chi connectivity index (χ0v) is 19.6. The third-order valence-electron chi connectivity index (χ3n) is 5.75. The fourth-order valence-electron chi connectivity index (χ4n) is 3.69. The Bertz CT molecular complexity index is 1340. The molecule has 1 aliphatic heterocycles. The molecule has 0 spiro atoms. The van der Waals surface area contributed by atoms with E-state index in [2.05, 4.69) is 36.1 Å². The molecule has 2 aromatic heterocycles. The standard InChI is InChI=1S/C21H21BrFN5O2S/c1-20(2)19(24)27-21(3,11-31(20,29)30)15-6-12(4-5-16(15)23)7-17-18-13(9-26-28-17)8-14(22)10-25-18/h4-6,8-10H,7,11H2,1-3H3,(H2,24,27)/t21-/m0/s1. The van der Waals surface area contributed by atoms with E-state index in [1.165, 1.54) is 19.9 Å². The van der Waals surface area contributed by atoms with Crippen LogP contribution >= 0.6 is 15.9 Å². The van der Waals surface area contributed by atoms with Crippen molar-refractivity contribution in [1.82, 2.24) is 15.2 Å². The molecular weight excluding hydrogens is 485 g/mol. The van der Waals surface area contributed by atoms with Crippen LogP contribution in [0.15, 0.2) is 46.1 Å². The van der Waals surface area contributed by atoms with E-state index in [9.17, 15) is 12.8 Å². The van der Waals surface area contributed by atoms with Crippen LogP contribution in [-0.2, 0) is 21.8 Å². The van der Waals surface area contributed by atoms with Gasteiger partial charge in [-0.15, -0.1) is 0 Å². The molecule has 1 aromatic carbocycles. The van der Waals surface area contributed by atoms with Crippen LogP contribution in [0.5, 0.6) is 0 Å². The van der Waals surface area contributed by atoms with Crippen LogP contribution in [0.3, 0.4) is 0 Å². The number of hydrogen-bond donors (Lipinski definition) is 1. The molecule has 162 valence electrons. The lowest BCUT2D eigenvalue weighted by molar-refractivity contribution is 0.475. The van der Waals surface area contributed by atoms with Crippen LogP contribution in [0.1, 0.15) is 37.6 Å². The van der Waals surface area contributed by atoms with Gasteiger partial charge in [-0.3, -0.25) is 9.98 Å². The van der Waals surface area contributed by atoms with E-state index >= 15 is 0 Å². The van der Waals surface area contributed by atoms with Gasteiger partial charge in [0.2, 0.25) is 0 Å². The van der Waals surface area contributed by atoms with Gasteiger partial charge in [-0.25, -0.2) is 12.8 Å². The highest BCUT2D eigenvalue weighted by molar-refractivity contribution is 9.10. The molecule has 0 aliphatic carbocycles. The maximum Gasteiger partial charge on any atom is 0.165 e. The summed E-state index contributed by atoms with van der Waals surface area (Å²) >= 11 is 3.39. The summed E-state index contributed by atoms with van der Waals surface area (Å²) in [5, 5.41) is 9.06. The number of amidine groups is 1. The summed E-state index contributed by atoms with van der Waals surface area (Å²) in [4.78, 5) is 8.86. The Morgan fingerprint density at radius 2 is 1.94 bits per heavy atom. The van der Waals surface area contributed by atoms with E-state index in [0.717, 1.165) is 15.4 Å². The SMILES string of the molecule is CC1(C)C(N)=N[C@](C)(c2cc(Cc3nncc4cc(Br)cnc34)ccc2F)CS1(=O)=O. The molecule has 0 radical (unpaired) electrons. The van der Waals surface area contributed by atoms with Crippen LogP contribution in [0.2, 0.25) is 0 Å².